The summed E-state index contributed by atoms with van der Waals surface area (Å²) in [6.07, 6.45) is 5.07. The zero-order chi connectivity index (χ0) is 8.11. The number of sulfonamides is 1. The second-order valence-electron chi connectivity index (χ2n) is 3.83. The monoisotopic (exact) mass is 175 g/mol. The Hall–Kier alpha value is -0.0900. The van der Waals surface area contributed by atoms with E-state index in [4.69, 9.17) is 5.14 Å². The molecule has 1 atom stereocenters. The summed E-state index contributed by atoms with van der Waals surface area (Å²) in [5, 5.41) is 4.92. The van der Waals surface area contributed by atoms with Crippen LogP contribution in [0.3, 0.4) is 0 Å². The third-order valence-corrected chi connectivity index (χ3v) is 4.64. The van der Waals surface area contributed by atoms with Crippen molar-refractivity contribution in [2.24, 2.45) is 10.6 Å². The Morgan fingerprint density at radius 2 is 1.91 bits per heavy atom. The molecule has 2 N–H and O–H groups in total. The van der Waals surface area contributed by atoms with Gasteiger partial charge in [-0.25, -0.2) is 13.6 Å². The van der Waals surface area contributed by atoms with Gasteiger partial charge in [-0.2, -0.15) is 0 Å². The lowest BCUT2D eigenvalue weighted by Gasteiger charge is -2.14. The average molecular weight is 175 g/mol. The van der Waals surface area contributed by atoms with Crippen molar-refractivity contribution in [1.82, 2.24) is 0 Å². The smallest absolute Gasteiger partial charge is 0.212 e. The summed E-state index contributed by atoms with van der Waals surface area (Å²) < 4.78 is 22.1. The van der Waals surface area contributed by atoms with Gasteiger partial charge >= 0.3 is 0 Å². The van der Waals surface area contributed by atoms with Gasteiger partial charge in [0, 0.05) is 0 Å². The minimum atomic E-state index is -3.25. The molecule has 0 heterocycles. The SMILES string of the molecule is NS(=O)(=O)C1CCCC12CC2. The molecule has 0 aliphatic heterocycles. The van der Waals surface area contributed by atoms with E-state index >= 15 is 0 Å². The highest BCUT2D eigenvalue weighted by molar-refractivity contribution is 7.89. The van der Waals surface area contributed by atoms with Crippen LogP contribution < -0.4 is 5.14 Å². The number of hydrogen-bond acceptors (Lipinski definition) is 2. The van der Waals surface area contributed by atoms with E-state index in [0.29, 0.717) is 0 Å². The fourth-order valence-electron chi connectivity index (χ4n) is 2.35. The molecule has 11 heavy (non-hydrogen) atoms. The normalized spacial score (nSPS) is 34.5. The van der Waals surface area contributed by atoms with Crippen LogP contribution in [0.2, 0.25) is 0 Å². The highest BCUT2D eigenvalue weighted by atomic mass is 32.2. The first kappa shape index (κ1) is 7.55. The molecule has 0 aromatic carbocycles. The summed E-state index contributed by atoms with van der Waals surface area (Å²) in [5.41, 5.74) is 0.133. The van der Waals surface area contributed by atoms with Crippen LogP contribution in [-0.2, 0) is 10.0 Å². The minimum absolute atomic E-state index is 0.133. The van der Waals surface area contributed by atoms with E-state index in [9.17, 15) is 8.42 Å². The maximum Gasteiger partial charge on any atom is 0.212 e. The molecule has 1 spiro atoms. The van der Waals surface area contributed by atoms with Crippen molar-refractivity contribution in [3.05, 3.63) is 0 Å². The lowest BCUT2D eigenvalue weighted by molar-refractivity contribution is 0.505. The van der Waals surface area contributed by atoms with Gasteiger partial charge < -0.3 is 0 Å². The lowest BCUT2D eigenvalue weighted by Crippen LogP contribution is -2.32. The summed E-state index contributed by atoms with van der Waals surface area (Å²) in [6.45, 7) is 0. The molecule has 2 rings (SSSR count). The topological polar surface area (TPSA) is 60.2 Å². The van der Waals surface area contributed by atoms with Crippen molar-refractivity contribution in [3.8, 4) is 0 Å². The Labute approximate surface area is 67.0 Å². The molecule has 1 unspecified atom stereocenters. The van der Waals surface area contributed by atoms with Gasteiger partial charge in [-0.3, -0.25) is 0 Å². The first-order valence-electron chi connectivity index (χ1n) is 4.06. The van der Waals surface area contributed by atoms with Crippen LogP contribution in [-0.4, -0.2) is 13.7 Å². The Morgan fingerprint density at radius 3 is 2.27 bits per heavy atom. The summed E-state index contributed by atoms with van der Waals surface area (Å²) in [4.78, 5) is 0. The van der Waals surface area contributed by atoms with Crippen LogP contribution in [0.25, 0.3) is 0 Å². The largest absolute Gasteiger partial charge is 0.228 e. The standard InChI is InChI=1S/C7H13NO2S/c8-11(9,10)6-2-1-3-7(6)4-5-7/h6H,1-5H2,(H2,8,9,10). The van der Waals surface area contributed by atoms with E-state index < -0.39 is 10.0 Å². The van der Waals surface area contributed by atoms with E-state index in [2.05, 4.69) is 0 Å². The van der Waals surface area contributed by atoms with Gasteiger partial charge in [0.05, 0.1) is 5.25 Å². The van der Waals surface area contributed by atoms with Crippen molar-refractivity contribution < 1.29 is 8.42 Å². The first-order chi connectivity index (χ1) is 5.05. The molecule has 0 radical (unpaired) electrons. The molecule has 0 saturated heterocycles. The van der Waals surface area contributed by atoms with Crippen LogP contribution in [0.5, 0.6) is 0 Å². The van der Waals surface area contributed by atoms with Crippen LogP contribution >= 0.6 is 0 Å². The number of primary sulfonamides is 1. The molecule has 2 fully saturated rings. The molecule has 0 aromatic heterocycles. The number of nitrogens with two attached hydrogens (primary N) is 1. The predicted molar refractivity (Wildman–Crippen MR) is 42.4 cm³/mol. The van der Waals surface area contributed by atoms with E-state index in [-0.39, 0.29) is 10.7 Å². The molecule has 2 saturated carbocycles. The van der Waals surface area contributed by atoms with E-state index in [1.165, 1.54) is 0 Å². The average Bonchev–Trinajstić information content (AvgIpc) is 2.38. The maximum absolute atomic E-state index is 11.1. The molecular formula is C7H13NO2S. The second-order valence-corrected chi connectivity index (χ2v) is 5.58. The maximum atomic E-state index is 11.1. The van der Waals surface area contributed by atoms with Crippen molar-refractivity contribution in [2.45, 2.75) is 37.4 Å². The molecule has 0 bridgehead atoms. The summed E-state index contributed by atoms with van der Waals surface area (Å²) in [7, 11) is -3.25. The second kappa shape index (κ2) is 1.98. The fourth-order valence-corrected chi connectivity index (χ4v) is 3.90. The van der Waals surface area contributed by atoms with E-state index in [1.54, 1.807) is 0 Å². The van der Waals surface area contributed by atoms with Gasteiger partial charge in [0.15, 0.2) is 0 Å². The molecule has 64 valence electrons. The molecule has 4 heteroatoms. The van der Waals surface area contributed by atoms with Gasteiger partial charge in [0.1, 0.15) is 0 Å². The third kappa shape index (κ3) is 1.08. The highest BCUT2D eigenvalue weighted by Crippen LogP contribution is 2.59. The fraction of sp³-hybridized carbons (Fsp3) is 1.00. The van der Waals surface area contributed by atoms with Gasteiger partial charge in [0.25, 0.3) is 0 Å². The Morgan fingerprint density at radius 1 is 1.27 bits per heavy atom. The van der Waals surface area contributed by atoms with E-state index in [1.807, 2.05) is 0 Å². The quantitative estimate of drug-likeness (QED) is 0.634. The van der Waals surface area contributed by atoms with Gasteiger partial charge in [-0.1, -0.05) is 6.42 Å². The van der Waals surface area contributed by atoms with Crippen LogP contribution in [0.1, 0.15) is 32.1 Å². The van der Waals surface area contributed by atoms with Crippen molar-refractivity contribution in [3.63, 3.8) is 0 Å². The molecular weight excluding hydrogens is 162 g/mol. The Kier molecular flexibility index (Phi) is 1.36. The molecule has 0 aromatic rings. The van der Waals surface area contributed by atoms with Gasteiger partial charge in [0.2, 0.25) is 10.0 Å². The predicted octanol–water partition coefficient (Wildman–Crippen LogP) is 0.608. The molecule has 0 amide bonds. The zero-order valence-electron chi connectivity index (χ0n) is 6.41. The zero-order valence-corrected chi connectivity index (χ0v) is 7.23. The Bertz CT molecular complexity index is 266. The number of hydrogen-bond donors (Lipinski definition) is 1. The summed E-state index contributed by atoms with van der Waals surface area (Å²) >= 11 is 0. The summed E-state index contributed by atoms with van der Waals surface area (Å²) in [5.74, 6) is 0. The Balaban J connectivity index is 2.27. The summed E-state index contributed by atoms with van der Waals surface area (Å²) in [6, 6.07) is 0. The minimum Gasteiger partial charge on any atom is -0.228 e. The molecule has 2 aliphatic carbocycles. The van der Waals surface area contributed by atoms with Crippen molar-refractivity contribution in [1.29, 1.82) is 0 Å². The van der Waals surface area contributed by atoms with Gasteiger partial charge in [-0.05, 0) is 31.1 Å². The number of rotatable bonds is 1. The van der Waals surface area contributed by atoms with Crippen LogP contribution in [0.15, 0.2) is 0 Å². The van der Waals surface area contributed by atoms with Crippen molar-refractivity contribution in [2.75, 3.05) is 0 Å². The third-order valence-electron chi connectivity index (χ3n) is 3.11. The van der Waals surface area contributed by atoms with E-state index in [0.717, 1.165) is 32.1 Å². The highest BCUT2D eigenvalue weighted by Gasteiger charge is 2.56. The molecule has 3 nitrogen and oxygen atoms in total. The van der Waals surface area contributed by atoms with Crippen LogP contribution in [0, 0.1) is 5.41 Å². The molecule has 2 aliphatic rings. The van der Waals surface area contributed by atoms with Crippen molar-refractivity contribution >= 4 is 10.0 Å². The van der Waals surface area contributed by atoms with Gasteiger partial charge in [-0.15, -0.1) is 0 Å². The first-order valence-corrected chi connectivity index (χ1v) is 5.67. The van der Waals surface area contributed by atoms with Crippen LogP contribution in [0.4, 0.5) is 0 Å². The lowest BCUT2D eigenvalue weighted by atomic mass is 10.1.